The molecule has 0 heterocycles. The summed E-state index contributed by atoms with van der Waals surface area (Å²) in [5, 5.41) is 8.81. The second kappa shape index (κ2) is 5.19. The van der Waals surface area contributed by atoms with E-state index in [1.165, 1.54) is 11.9 Å². The van der Waals surface area contributed by atoms with Crippen LogP contribution in [0.2, 0.25) is 0 Å². The number of amides is 1. The molecule has 20 heavy (non-hydrogen) atoms. The summed E-state index contributed by atoms with van der Waals surface area (Å²) in [7, 11) is 1.47. The van der Waals surface area contributed by atoms with Crippen LogP contribution in [-0.2, 0) is 9.59 Å². The van der Waals surface area contributed by atoms with Gasteiger partial charge < -0.3 is 10.0 Å². The molecule has 6 heteroatoms. The molecule has 1 aliphatic rings. The standard InChI is InChI=1S/C14H15F2NO3/c1-7(9-5-8(15)3-4-12(9)16)17(2)13(18)10-6-11(10)14(19)20/h3-5,7,10-11H,6H2,1-2H3,(H,19,20)/t7-,10+,11+/m1/s1. The van der Waals surface area contributed by atoms with Crippen molar-refractivity contribution in [3.63, 3.8) is 0 Å². The van der Waals surface area contributed by atoms with Gasteiger partial charge in [0.05, 0.1) is 17.9 Å². The van der Waals surface area contributed by atoms with E-state index < -0.39 is 35.5 Å². The normalized spacial score (nSPS) is 22.2. The van der Waals surface area contributed by atoms with Gasteiger partial charge >= 0.3 is 5.97 Å². The molecule has 1 saturated carbocycles. The lowest BCUT2D eigenvalue weighted by molar-refractivity contribution is -0.142. The van der Waals surface area contributed by atoms with Crippen LogP contribution in [0.5, 0.6) is 0 Å². The smallest absolute Gasteiger partial charge is 0.307 e. The predicted molar refractivity (Wildman–Crippen MR) is 66.8 cm³/mol. The molecule has 0 aliphatic heterocycles. The monoisotopic (exact) mass is 283 g/mol. The molecule has 0 radical (unpaired) electrons. The first-order valence-corrected chi connectivity index (χ1v) is 6.27. The van der Waals surface area contributed by atoms with Crippen molar-refractivity contribution in [3.8, 4) is 0 Å². The lowest BCUT2D eigenvalue weighted by Gasteiger charge is -2.26. The van der Waals surface area contributed by atoms with Crippen LogP contribution in [0.1, 0.15) is 24.9 Å². The van der Waals surface area contributed by atoms with Gasteiger partial charge in [-0.05, 0) is 31.5 Å². The highest BCUT2D eigenvalue weighted by Crippen LogP contribution is 2.41. The number of nitrogens with zero attached hydrogens (tertiary/aromatic N) is 1. The summed E-state index contributed by atoms with van der Waals surface area (Å²) >= 11 is 0. The van der Waals surface area contributed by atoms with E-state index >= 15 is 0 Å². The number of aliphatic carboxylic acids is 1. The maximum Gasteiger partial charge on any atom is 0.307 e. The summed E-state index contributed by atoms with van der Waals surface area (Å²) in [5.41, 5.74) is 0.0772. The van der Waals surface area contributed by atoms with Crippen molar-refractivity contribution in [1.29, 1.82) is 0 Å². The second-order valence-corrected chi connectivity index (χ2v) is 5.08. The molecule has 0 aromatic heterocycles. The average Bonchev–Trinajstić information content (AvgIpc) is 3.19. The lowest BCUT2D eigenvalue weighted by Crippen LogP contribution is -2.32. The van der Waals surface area contributed by atoms with Crippen LogP contribution in [0.3, 0.4) is 0 Å². The lowest BCUT2D eigenvalue weighted by atomic mass is 10.1. The van der Waals surface area contributed by atoms with Crippen molar-refractivity contribution in [3.05, 3.63) is 35.4 Å². The number of carbonyl (C=O) groups excluding carboxylic acids is 1. The highest BCUT2D eigenvalue weighted by atomic mass is 19.1. The Balaban J connectivity index is 2.13. The largest absolute Gasteiger partial charge is 0.481 e. The van der Waals surface area contributed by atoms with Crippen LogP contribution in [0, 0.1) is 23.5 Å². The van der Waals surface area contributed by atoms with E-state index in [1.807, 2.05) is 0 Å². The number of carboxylic acid groups (broad SMARTS) is 1. The highest BCUT2D eigenvalue weighted by molar-refractivity contribution is 5.89. The summed E-state index contributed by atoms with van der Waals surface area (Å²) in [6.07, 6.45) is 0.302. The van der Waals surface area contributed by atoms with E-state index in [-0.39, 0.29) is 11.5 Å². The zero-order chi connectivity index (χ0) is 15.0. The Morgan fingerprint density at radius 2 is 2.00 bits per heavy atom. The van der Waals surface area contributed by atoms with E-state index in [0.717, 1.165) is 18.2 Å². The number of halogens is 2. The van der Waals surface area contributed by atoms with E-state index in [2.05, 4.69) is 0 Å². The molecule has 0 saturated heterocycles. The van der Waals surface area contributed by atoms with Gasteiger partial charge in [-0.2, -0.15) is 0 Å². The first kappa shape index (κ1) is 14.4. The Morgan fingerprint density at radius 3 is 2.55 bits per heavy atom. The second-order valence-electron chi connectivity index (χ2n) is 5.08. The highest BCUT2D eigenvalue weighted by Gasteiger charge is 2.49. The van der Waals surface area contributed by atoms with Gasteiger partial charge in [-0.25, -0.2) is 8.78 Å². The van der Waals surface area contributed by atoms with Gasteiger partial charge in [-0.15, -0.1) is 0 Å². The van der Waals surface area contributed by atoms with Crippen molar-refractivity contribution in [2.45, 2.75) is 19.4 Å². The average molecular weight is 283 g/mol. The third-order valence-electron chi connectivity index (χ3n) is 3.76. The molecule has 0 spiro atoms. The van der Waals surface area contributed by atoms with E-state index in [1.54, 1.807) is 6.92 Å². The predicted octanol–water partition coefficient (Wildman–Crippen LogP) is 2.20. The maximum absolute atomic E-state index is 13.7. The van der Waals surface area contributed by atoms with E-state index in [4.69, 9.17) is 5.11 Å². The van der Waals surface area contributed by atoms with Crippen LogP contribution in [0.15, 0.2) is 18.2 Å². The van der Waals surface area contributed by atoms with Crippen LogP contribution >= 0.6 is 0 Å². The molecule has 4 nitrogen and oxygen atoms in total. The van der Waals surface area contributed by atoms with Gasteiger partial charge in [0, 0.05) is 12.6 Å². The molecule has 3 atom stereocenters. The number of benzene rings is 1. The molecule has 1 aromatic rings. The van der Waals surface area contributed by atoms with Crippen LogP contribution < -0.4 is 0 Å². The Kier molecular flexibility index (Phi) is 3.74. The molecule has 1 aromatic carbocycles. The molecular weight excluding hydrogens is 268 g/mol. The van der Waals surface area contributed by atoms with Crippen LogP contribution in [0.4, 0.5) is 8.78 Å². The quantitative estimate of drug-likeness (QED) is 0.921. The fourth-order valence-corrected chi connectivity index (χ4v) is 2.24. The molecule has 0 bridgehead atoms. The van der Waals surface area contributed by atoms with E-state index in [0.29, 0.717) is 6.42 Å². The Bertz CT molecular complexity index is 561. The van der Waals surface area contributed by atoms with Gasteiger partial charge in [0.15, 0.2) is 0 Å². The summed E-state index contributed by atoms with van der Waals surface area (Å²) in [6, 6.07) is 2.41. The van der Waals surface area contributed by atoms with Crippen LogP contribution in [-0.4, -0.2) is 28.9 Å². The Hall–Kier alpha value is -1.98. The Labute approximate surface area is 115 Å². The van der Waals surface area contributed by atoms with Gasteiger partial charge in [-0.1, -0.05) is 0 Å². The molecular formula is C14H15F2NO3. The molecule has 0 unspecified atom stereocenters. The third kappa shape index (κ3) is 2.64. The number of carbonyl (C=O) groups is 2. The zero-order valence-electron chi connectivity index (χ0n) is 11.1. The van der Waals surface area contributed by atoms with Crippen molar-refractivity contribution in [2.24, 2.45) is 11.8 Å². The molecule has 1 N–H and O–H groups in total. The molecule has 2 rings (SSSR count). The number of hydrogen-bond acceptors (Lipinski definition) is 2. The number of hydrogen-bond donors (Lipinski definition) is 1. The zero-order valence-corrected chi connectivity index (χ0v) is 11.1. The fraction of sp³-hybridized carbons (Fsp3) is 0.429. The summed E-state index contributed by atoms with van der Waals surface area (Å²) in [4.78, 5) is 24.1. The van der Waals surface area contributed by atoms with Crippen molar-refractivity contribution in [2.75, 3.05) is 7.05 Å². The minimum absolute atomic E-state index is 0.0772. The molecule has 1 fully saturated rings. The van der Waals surface area contributed by atoms with E-state index in [9.17, 15) is 18.4 Å². The molecule has 1 amide bonds. The van der Waals surface area contributed by atoms with Crippen molar-refractivity contribution >= 4 is 11.9 Å². The van der Waals surface area contributed by atoms with Gasteiger partial charge in [0.25, 0.3) is 0 Å². The topological polar surface area (TPSA) is 57.6 Å². The summed E-state index contributed by atoms with van der Waals surface area (Å²) in [5.74, 6) is -3.74. The molecule has 108 valence electrons. The van der Waals surface area contributed by atoms with Gasteiger partial charge in [-0.3, -0.25) is 9.59 Å². The minimum atomic E-state index is -0.999. The fourth-order valence-electron chi connectivity index (χ4n) is 2.24. The Morgan fingerprint density at radius 1 is 1.35 bits per heavy atom. The summed E-state index contributed by atoms with van der Waals surface area (Å²) in [6.45, 7) is 1.58. The maximum atomic E-state index is 13.7. The van der Waals surface area contributed by atoms with Crippen LogP contribution in [0.25, 0.3) is 0 Å². The first-order chi connectivity index (χ1) is 9.32. The first-order valence-electron chi connectivity index (χ1n) is 6.27. The molecule has 1 aliphatic carbocycles. The van der Waals surface area contributed by atoms with Gasteiger partial charge in [0.2, 0.25) is 5.91 Å². The third-order valence-corrected chi connectivity index (χ3v) is 3.76. The van der Waals surface area contributed by atoms with Gasteiger partial charge in [0.1, 0.15) is 11.6 Å². The SMILES string of the molecule is C[C@H](c1cc(F)ccc1F)N(C)C(=O)[C@H]1C[C@@H]1C(=O)O. The number of carboxylic acids is 1. The van der Waals surface area contributed by atoms with Crippen molar-refractivity contribution in [1.82, 2.24) is 4.90 Å². The van der Waals surface area contributed by atoms with Crippen molar-refractivity contribution < 1.29 is 23.5 Å². The summed E-state index contributed by atoms with van der Waals surface area (Å²) < 4.78 is 26.8. The minimum Gasteiger partial charge on any atom is -0.481 e. The number of rotatable bonds is 4.